The Bertz CT molecular complexity index is 467. The van der Waals surface area contributed by atoms with Gasteiger partial charge >= 0.3 is 0 Å². The fourth-order valence-electron chi connectivity index (χ4n) is 1.91. The van der Waals surface area contributed by atoms with Crippen LogP contribution >= 0.6 is 0 Å². The van der Waals surface area contributed by atoms with E-state index >= 15 is 0 Å². The number of nitrogens with one attached hydrogen (secondary N) is 1. The van der Waals surface area contributed by atoms with E-state index in [4.69, 9.17) is 5.26 Å². The molecule has 1 amide bonds. The fraction of sp³-hybridized carbons (Fsp3) is 0.455. The van der Waals surface area contributed by atoms with Gasteiger partial charge in [-0.3, -0.25) is 4.79 Å². The van der Waals surface area contributed by atoms with Gasteiger partial charge in [0.05, 0.1) is 0 Å². The van der Waals surface area contributed by atoms with Gasteiger partial charge in [0.15, 0.2) is 0 Å². The molecule has 0 saturated carbocycles. The molecule has 1 aliphatic heterocycles. The van der Waals surface area contributed by atoms with Crippen LogP contribution in [0.5, 0.6) is 0 Å². The second-order valence-corrected chi connectivity index (χ2v) is 3.76. The number of anilines is 1. The SMILES string of the molecule is CCC1C(=O)NCCN1c1nccc(C#N)n1. The molecule has 6 nitrogen and oxygen atoms in total. The Hall–Kier alpha value is -2.16. The van der Waals surface area contributed by atoms with Crippen LogP contribution in [0.3, 0.4) is 0 Å². The van der Waals surface area contributed by atoms with Gasteiger partial charge in [0.25, 0.3) is 0 Å². The first-order chi connectivity index (χ1) is 8.26. The average Bonchev–Trinajstić information content (AvgIpc) is 2.38. The van der Waals surface area contributed by atoms with Crippen LogP contribution in [0.25, 0.3) is 0 Å². The molecule has 0 aromatic carbocycles. The lowest BCUT2D eigenvalue weighted by Crippen LogP contribution is -2.55. The first-order valence-electron chi connectivity index (χ1n) is 5.53. The third kappa shape index (κ3) is 2.18. The third-order valence-electron chi connectivity index (χ3n) is 2.73. The number of rotatable bonds is 2. The number of carbonyl (C=O) groups excluding carboxylic acids is 1. The molecular weight excluding hydrogens is 218 g/mol. The molecule has 0 radical (unpaired) electrons. The molecule has 88 valence electrons. The highest BCUT2D eigenvalue weighted by Crippen LogP contribution is 2.15. The predicted octanol–water partition coefficient (Wildman–Crippen LogP) is 0.0631. The Morgan fingerprint density at radius 2 is 2.53 bits per heavy atom. The Kier molecular flexibility index (Phi) is 3.19. The minimum Gasteiger partial charge on any atom is -0.353 e. The summed E-state index contributed by atoms with van der Waals surface area (Å²) in [6.07, 6.45) is 2.23. The Labute approximate surface area is 99.3 Å². The van der Waals surface area contributed by atoms with Crippen molar-refractivity contribution in [3.8, 4) is 6.07 Å². The summed E-state index contributed by atoms with van der Waals surface area (Å²) >= 11 is 0. The topological polar surface area (TPSA) is 81.9 Å². The highest BCUT2D eigenvalue weighted by Gasteiger charge is 2.29. The lowest BCUT2D eigenvalue weighted by atomic mass is 10.1. The summed E-state index contributed by atoms with van der Waals surface area (Å²) in [5.41, 5.74) is 0.316. The largest absolute Gasteiger partial charge is 0.353 e. The number of nitriles is 1. The smallest absolute Gasteiger partial charge is 0.242 e. The number of hydrogen-bond acceptors (Lipinski definition) is 5. The van der Waals surface area contributed by atoms with Crippen LogP contribution in [-0.4, -0.2) is 35.0 Å². The lowest BCUT2D eigenvalue weighted by molar-refractivity contribution is -0.123. The number of piperazine rings is 1. The Balaban J connectivity index is 2.31. The molecule has 1 fully saturated rings. The van der Waals surface area contributed by atoms with Gasteiger partial charge in [0.1, 0.15) is 17.8 Å². The van der Waals surface area contributed by atoms with Crippen LogP contribution < -0.4 is 10.2 Å². The number of amides is 1. The van der Waals surface area contributed by atoms with E-state index < -0.39 is 0 Å². The minimum atomic E-state index is -0.252. The molecule has 1 N–H and O–H groups in total. The van der Waals surface area contributed by atoms with E-state index in [1.807, 2.05) is 17.9 Å². The van der Waals surface area contributed by atoms with Crippen LogP contribution in [0.15, 0.2) is 12.3 Å². The van der Waals surface area contributed by atoms with Crippen LogP contribution in [0.1, 0.15) is 19.0 Å². The zero-order valence-corrected chi connectivity index (χ0v) is 9.55. The van der Waals surface area contributed by atoms with Crippen molar-refractivity contribution < 1.29 is 4.79 Å². The molecule has 1 aromatic rings. The predicted molar refractivity (Wildman–Crippen MR) is 61.2 cm³/mol. The molecule has 0 spiro atoms. The van der Waals surface area contributed by atoms with Gasteiger partial charge in [-0.1, -0.05) is 6.92 Å². The van der Waals surface area contributed by atoms with Crippen LogP contribution in [0.2, 0.25) is 0 Å². The van der Waals surface area contributed by atoms with E-state index in [9.17, 15) is 4.79 Å². The third-order valence-corrected chi connectivity index (χ3v) is 2.73. The monoisotopic (exact) mass is 231 g/mol. The lowest BCUT2D eigenvalue weighted by Gasteiger charge is -2.34. The summed E-state index contributed by atoms with van der Waals surface area (Å²) in [7, 11) is 0. The molecule has 1 unspecified atom stereocenters. The zero-order chi connectivity index (χ0) is 12.3. The van der Waals surface area contributed by atoms with Gasteiger partial charge in [-0.15, -0.1) is 0 Å². The van der Waals surface area contributed by atoms with E-state index in [0.29, 0.717) is 31.2 Å². The molecule has 17 heavy (non-hydrogen) atoms. The van der Waals surface area contributed by atoms with Crippen LogP contribution in [0, 0.1) is 11.3 Å². The summed E-state index contributed by atoms with van der Waals surface area (Å²) in [5.74, 6) is 0.440. The van der Waals surface area contributed by atoms with Gasteiger partial charge in [-0.2, -0.15) is 5.26 Å². The Morgan fingerprint density at radius 1 is 1.71 bits per heavy atom. The van der Waals surface area contributed by atoms with Crippen molar-refractivity contribution in [3.05, 3.63) is 18.0 Å². The van der Waals surface area contributed by atoms with E-state index in [1.54, 1.807) is 12.3 Å². The van der Waals surface area contributed by atoms with Crippen molar-refractivity contribution >= 4 is 11.9 Å². The molecule has 2 rings (SSSR count). The molecule has 1 aromatic heterocycles. The van der Waals surface area contributed by atoms with Crippen molar-refractivity contribution in [2.45, 2.75) is 19.4 Å². The maximum atomic E-state index is 11.7. The summed E-state index contributed by atoms with van der Waals surface area (Å²) in [5, 5.41) is 11.6. The van der Waals surface area contributed by atoms with E-state index in [-0.39, 0.29) is 11.9 Å². The molecule has 1 saturated heterocycles. The standard InChI is InChI=1S/C11H13N5O/c1-2-9-10(17)13-5-6-16(9)11-14-4-3-8(7-12)15-11/h3-4,9H,2,5-6H2,1H3,(H,13,17). The fourth-order valence-corrected chi connectivity index (χ4v) is 1.91. The van der Waals surface area contributed by atoms with Gasteiger partial charge in [-0.05, 0) is 12.5 Å². The molecule has 6 heteroatoms. The van der Waals surface area contributed by atoms with Crippen LogP contribution in [-0.2, 0) is 4.79 Å². The first-order valence-corrected chi connectivity index (χ1v) is 5.53. The van der Waals surface area contributed by atoms with Gasteiger partial charge < -0.3 is 10.2 Å². The zero-order valence-electron chi connectivity index (χ0n) is 9.55. The molecule has 2 heterocycles. The minimum absolute atomic E-state index is 0.00953. The second kappa shape index (κ2) is 4.78. The number of hydrogen-bond donors (Lipinski definition) is 1. The number of carbonyl (C=O) groups is 1. The van der Waals surface area contributed by atoms with E-state index in [2.05, 4.69) is 15.3 Å². The van der Waals surface area contributed by atoms with Crippen LogP contribution in [0.4, 0.5) is 5.95 Å². The molecule has 1 atom stereocenters. The number of nitrogens with zero attached hydrogens (tertiary/aromatic N) is 4. The van der Waals surface area contributed by atoms with Crippen molar-refractivity contribution in [2.75, 3.05) is 18.0 Å². The highest BCUT2D eigenvalue weighted by atomic mass is 16.2. The molecule has 0 bridgehead atoms. The van der Waals surface area contributed by atoms with Gasteiger partial charge in [0.2, 0.25) is 11.9 Å². The van der Waals surface area contributed by atoms with Crippen molar-refractivity contribution in [1.29, 1.82) is 5.26 Å². The molecule has 0 aliphatic carbocycles. The summed E-state index contributed by atoms with van der Waals surface area (Å²) in [6, 6.07) is 3.27. The summed E-state index contributed by atoms with van der Waals surface area (Å²) in [4.78, 5) is 21.8. The van der Waals surface area contributed by atoms with Gasteiger partial charge in [-0.25, -0.2) is 9.97 Å². The van der Waals surface area contributed by atoms with E-state index in [0.717, 1.165) is 0 Å². The second-order valence-electron chi connectivity index (χ2n) is 3.76. The van der Waals surface area contributed by atoms with Crippen molar-refractivity contribution in [1.82, 2.24) is 15.3 Å². The average molecular weight is 231 g/mol. The van der Waals surface area contributed by atoms with E-state index in [1.165, 1.54) is 0 Å². The van der Waals surface area contributed by atoms with Crippen molar-refractivity contribution in [2.24, 2.45) is 0 Å². The van der Waals surface area contributed by atoms with Gasteiger partial charge in [0, 0.05) is 19.3 Å². The quantitative estimate of drug-likeness (QED) is 0.778. The normalized spacial score (nSPS) is 19.6. The molecule has 1 aliphatic rings. The Morgan fingerprint density at radius 3 is 3.24 bits per heavy atom. The highest BCUT2D eigenvalue weighted by molar-refractivity contribution is 5.85. The summed E-state index contributed by atoms with van der Waals surface area (Å²) in [6.45, 7) is 3.19. The maximum Gasteiger partial charge on any atom is 0.242 e. The first kappa shape index (κ1) is 11.3. The summed E-state index contributed by atoms with van der Waals surface area (Å²) < 4.78 is 0. The maximum absolute atomic E-state index is 11.7. The molecular formula is C11H13N5O. The van der Waals surface area contributed by atoms with Crippen molar-refractivity contribution in [3.63, 3.8) is 0 Å². The number of aromatic nitrogens is 2.